The minimum Gasteiger partial charge on any atom is -0.392 e. The number of rotatable bonds is 12. The van der Waals surface area contributed by atoms with Crippen LogP contribution in [0.5, 0.6) is 0 Å². The molecule has 0 bridgehead atoms. The molecule has 4 amide bonds. The number of carbonyl (C=O) groups is 3. The maximum atomic E-state index is 12.7. The normalized spacial score (nSPS) is 16.6. The van der Waals surface area contributed by atoms with Crippen molar-refractivity contribution >= 4 is 46.6 Å². The van der Waals surface area contributed by atoms with Crippen LogP contribution in [0.4, 0.5) is 27.8 Å². The fraction of sp³-hybridized carbons (Fsp3) is 0.391. The number of urea groups is 1. The van der Waals surface area contributed by atoms with Crippen molar-refractivity contribution in [3.05, 3.63) is 107 Å². The highest BCUT2D eigenvalue weighted by atomic mass is 16.5. The van der Waals surface area contributed by atoms with Gasteiger partial charge >= 0.3 is 6.03 Å². The summed E-state index contributed by atoms with van der Waals surface area (Å²) in [5.41, 5.74) is 11.9. The third kappa shape index (κ3) is 9.84. The van der Waals surface area contributed by atoms with Crippen LogP contribution in [0.25, 0.3) is 11.1 Å². The van der Waals surface area contributed by atoms with Gasteiger partial charge in [-0.15, -0.1) is 0 Å². The van der Waals surface area contributed by atoms with Gasteiger partial charge in [-0.1, -0.05) is 38.1 Å². The highest BCUT2D eigenvalue weighted by Crippen LogP contribution is 2.29. The van der Waals surface area contributed by atoms with Crippen molar-refractivity contribution in [3.8, 4) is 11.1 Å². The maximum absolute atomic E-state index is 12.7. The van der Waals surface area contributed by atoms with E-state index in [1.54, 1.807) is 29.3 Å². The second kappa shape index (κ2) is 18.3. The molecule has 3 saturated heterocycles. The van der Waals surface area contributed by atoms with Gasteiger partial charge in [-0.25, -0.2) is 14.8 Å². The average molecular weight is 855 g/mol. The number of aliphatic hydroxyl groups excluding tert-OH is 1. The molecule has 6 N–H and O–H groups in total. The molecule has 328 valence electrons. The largest absolute Gasteiger partial charge is 0.392 e. The van der Waals surface area contributed by atoms with Crippen LogP contribution in [0.15, 0.2) is 77.6 Å². The van der Waals surface area contributed by atoms with E-state index in [0.717, 1.165) is 87.0 Å². The van der Waals surface area contributed by atoms with Gasteiger partial charge < -0.3 is 30.5 Å². The Morgan fingerprint density at radius 1 is 0.889 bits per heavy atom. The van der Waals surface area contributed by atoms with E-state index in [1.165, 1.54) is 0 Å². The van der Waals surface area contributed by atoms with E-state index in [0.29, 0.717) is 47.0 Å². The van der Waals surface area contributed by atoms with E-state index in [9.17, 15) is 19.5 Å². The lowest BCUT2D eigenvalue weighted by atomic mass is 9.95. The Bertz CT molecular complexity index is 2470. The maximum Gasteiger partial charge on any atom is 0.328 e. The summed E-state index contributed by atoms with van der Waals surface area (Å²) in [5, 5.41) is 28.2. The number of pyridine rings is 2. The summed E-state index contributed by atoms with van der Waals surface area (Å²) >= 11 is 0. The summed E-state index contributed by atoms with van der Waals surface area (Å²) in [4.78, 5) is 58.9. The van der Waals surface area contributed by atoms with Gasteiger partial charge in [0.2, 0.25) is 11.8 Å². The number of amides is 4. The Balaban J connectivity index is 0.815. The van der Waals surface area contributed by atoms with Crippen LogP contribution in [0.1, 0.15) is 78.8 Å². The van der Waals surface area contributed by atoms with Gasteiger partial charge in [-0.3, -0.25) is 30.1 Å². The number of nitrogen functional groups attached to an aromatic ring is 1. The molecule has 0 saturated carbocycles. The number of piperidine rings is 1. The first-order valence-corrected chi connectivity index (χ1v) is 21.4. The summed E-state index contributed by atoms with van der Waals surface area (Å²) in [6.07, 6.45) is 6.09. The van der Waals surface area contributed by atoms with Crippen LogP contribution in [0.2, 0.25) is 0 Å². The van der Waals surface area contributed by atoms with Gasteiger partial charge in [0, 0.05) is 117 Å². The minimum atomic E-state index is -0.495. The molecule has 3 aromatic heterocycles. The number of nitrogens with zero attached hydrogens (tertiary/aromatic N) is 8. The molecule has 63 heavy (non-hydrogen) atoms. The van der Waals surface area contributed by atoms with E-state index in [1.807, 2.05) is 57.3 Å². The van der Waals surface area contributed by atoms with Crippen LogP contribution in [-0.4, -0.2) is 106 Å². The molecule has 0 atom stereocenters. The number of nitrogens with one attached hydrogen (secondary N) is 3. The number of hydrogen-bond acceptors (Lipinski definition) is 14. The minimum absolute atomic E-state index is 0.0647. The van der Waals surface area contributed by atoms with Crippen LogP contribution >= 0.6 is 0 Å². The van der Waals surface area contributed by atoms with Crippen LogP contribution < -0.4 is 31.1 Å². The molecule has 3 fully saturated rings. The number of nitrogens with two attached hydrogens (primary N) is 1. The number of anilines is 4. The highest BCUT2D eigenvalue weighted by molar-refractivity contribution is 6.14. The zero-order valence-corrected chi connectivity index (χ0v) is 35.9. The zero-order valence-electron chi connectivity index (χ0n) is 35.9. The average Bonchev–Trinajstić information content (AvgIpc) is 3.81. The summed E-state index contributed by atoms with van der Waals surface area (Å²) in [5.74, 6) is 1.34. The fourth-order valence-electron chi connectivity index (χ4n) is 8.26. The van der Waals surface area contributed by atoms with Gasteiger partial charge in [0.15, 0.2) is 0 Å². The molecule has 3 aliphatic rings. The van der Waals surface area contributed by atoms with E-state index >= 15 is 0 Å². The highest BCUT2D eigenvalue weighted by Gasteiger charge is 2.28. The second-order valence-electron chi connectivity index (χ2n) is 17.4. The van der Waals surface area contributed by atoms with E-state index in [4.69, 9.17) is 20.7 Å². The smallest absolute Gasteiger partial charge is 0.328 e. The molecule has 0 aliphatic carbocycles. The Kier molecular flexibility index (Phi) is 12.5. The van der Waals surface area contributed by atoms with Crippen molar-refractivity contribution in [2.24, 2.45) is 5.92 Å². The molecule has 3 aliphatic heterocycles. The van der Waals surface area contributed by atoms with E-state index in [2.05, 4.69) is 52.6 Å². The molecule has 6 heterocycles. The fourth-order valence-corrected chi connectivity index (χ4v) is 8.26. The Hall–Kier alpha value is -6.72. The summed E-state index contributed by atoms with van der Waals surface area (Å²) in [7, 11) is 0. The lowest BCUT2D eigenvalue weighted by molar-refractivity contribution is -0.120. The Morgan fingerprint density at radius 2 is 1.62 bits per heavy atom. The number of imide groups is 1. The van der Waals surface area contributed by atoms with Crippen LogP contribution in [0, 0.1) is 11.3 Å². The number of aliphatic hydroxyl groups is 1. The van der Waals surface area contributed by atoms with Gasteiger partial charge in [-0.2, -0.15) is 4.98 Å². The number of piperazine rings is 1. The van der Waals surface area contributed by atoms with Crippen molar-refractivity contribution in [3.63, 3.8) is 0 Å². The third-order valence-electron chi connectivity index (χ3n) is 12.1. The third-order valence-corrected chi connectivity index (χ3v) is 12.1. The first-order chi connectivity index (χ1) is 30.3. The van der Waals surface area contributed by atoms with E-state index in [-0.39, 0.29) is 42.4 Å². The molecule has 0 radical (unpaired) electrons. The molecular weight excluding hydrogens is 801 g/mol. The molecule has 0 spiro atoms. The molecule has 8 rings (SSSR count). The quantitative estimate of drug-likeness (QED) is 0.107. The first-order valence-electron chi connectivity index (χ1n) is 21.4. The van der Waals surface area contributed by atoms with E-state index < -0.39 is 11.3 Å². The lowest BCUT2D eigenvalue weighted by Gasteiger charge is -2.39. The topological polar surface area (TPSA) is 223 Å². The van der Waals surface area contributed by atoms with Crippen molar-refractivity contribution in [2.75, 3.05) is 72.8 Å². The predicted molar refractivity (Wildman–Crippen MR) is 240 cm³/mol. The lowest BCUT2D eigenvalue weighted by Crippen LogP contribution is -2.49. The molecule has 17 heteroatoms. The van der Waals surface area contributed by atoms with Crippen LogP contribution in [0.3, 0.4) is 0 Å². The standard InChI is InChI=1S/C46H54N12O5/c1-46(2,3)44-53-42(54-63-44)43(61)51-25-32-5-4-30(22-34(32)28-59)40(47)37-23-33(26-50-41(37)48)31-6-11-38(49-24-31)57-20-18-55(19-21-57)27-29-12-15-56(16-13-29)35-7-9-36(10-8-35)58-17-14-39(60)52-45(58)62/h4-11,22-24,26,29,47,59H,12-21,25,27-28H2,1-3H3,(H2,48,50)(H,51,61)(H,52,60,62). The van der Waals surface area contributed by atoms with Crippen molar-refractivity contribution in [1.29, 1.82) is 5.41 Å². The number of hydrogen-bond donors (Lipinski definition) is 5. The van der Waals surface area contributed by atoms with Gasteiger partial charge in [-0.05, 0) is 78.4 Å². The van der Waals surface area contributed by atoms with Crippen molar-refractivity contribution in [1.82, 2.24) is 35.6 Å². The second-order valence-corrected chi connectivity index (χ2v) is 17.4. The molecular formula is C46H54N12O5. The Morgan fingerprint density at radius 3 is 2.29 bits per heavy atom. The van der Waals surface area contributed by atoms with Crippen molar-refractivity contribution < 1.29 is 24.0 Å². The van der Waals surface area contributed by atoms with Gasteiger partial charge in [0.05, 0.1) is 12.3 Å². The summed E-state index contributed by atoms with van der Waals surface area (Å²) in [6.45, 7) is 12.8. The number of carbonyl (C=O) groups excluding carboxylic acids is 3. The monoisotopic (exact) mass is 854 g/mol. The zero-order chi connectivity index (χ0) is 44.3. The van der Waals surface area contributed by atoms with Gasteiger partial charge in [0.25, 0.3) is 11.7 Å². The molecule has 2 aromatic carbocycles. The van der Waals surface area contributed by atoms with Crippen LogP contribution in [-0.2, 0) is 23.4 Å². The van der Waals surface area contributed by atoms with Gasteiger partial charge in [0.1, 0.15) is 11.6 Å². The summed E-state index contributed by atoms with van der Waals surface area (Å²) in [6, 6.07) is 18.8. The number of benzene rings is 2. The predicted octanol–water partition coefficient (Wildman–Crippen LogP) is 4.73. The van der Waals surface area contributed by atoms with Crippen molar-refractivity contribution in [2.45, 2.75) is 58.6 Å². The Labute approximate surface area is 366 Å². The molecule has 5 aromatic rings. The number of aromatic nitrogens is 4. The summed E-state index contributed by atoms with van der Waals surface area (Å²) < 4.78 is 5.24. The molecule has 0 unspecified atom stereocenters. The molecule has 17 nitrogen and oxygen atoms in total. The SMILES string of the molecule is CC(C)(C)c1nc(C(=O)NCc2ccc(C(=N)c3cc(-c4ccc(N5CCN(CC6CCN(c7ccc(N8CCC(=O)NC8=O)cc7)CC6)CC5)nc4)cnc3N)cc2CO)no1. The first kappa shape index (κ1) is 42.9.